The highest BCUT2D eigenvalue weighted by atomic mass is 15.0. The van der Waals surface area contributed by atoms with Gasteiger partial charge in [0.2, 0.25) is 0 Å². The minimum Gasteiger partial charge on any atom is -0.311 e. The van der Waals surface area contributed by atoms with Crippen LogP contribution in [0.25, 0.3) is 11.6 Å². The van der Waals surface area contributed by atoms with Gasteiger partial charge < -0.3 is 5.32 Å². The van der Waals surface area contributed by atoms with Crippen molar-refractivity contribution in [1.29, 1.82) is 0 Å². The summed E-state index contributed by atoms with van der Waals surface area (Å²) in [5, 5.41) is 3.36. The van der Waals surface area contributed by atoms with Crippen LogP contribution in [0.15, 0.2) is 12.4 Å². The van der Waals surface area contributed by atoms with Gasteiger partial charge in [0.25, 0.3) is 0 Å². The van der Waals surface area contributed by atoms with Crippen LogP contribution in [0.4, 0.5) is 0 Å². The molecule has 2 aromatic rings. The predicted molar refractivity (Wildman–Crippen MR) is 77.3 cm³/mol. The number of aryl methyl sites for hydroxylation is 1. The number of nitrogens with one attached hydrogen (secondary N) is 1. The number of fused-ring (bicyclic) bond motifs is 1. The molecule has 5 heteroatoms. The van der Waals surface area contributed by atoms with E-state index in [1.54, 1.807) is 12.4 Å². The van der Waals surface area contributed by atoms with Crippen LogP contribution in [-0.4, -0.2) is 26.5 Å². The van der Waals surface area contributed by atoms with E-state index in [0.717, 1.165) is 36.5 Å². The van der Waals surface area contributed by atoms with E-state index in [0.29, 0.717) is 17.6 Å². The van der Waals surface area contributed by atoms with Gasteiger partial charge >= 0.3 is 0 Å². The number of hydrogen-bond acceptors (Lipinski definition) is 5. The van der Waals surface area contributed by atoms with Crippen LogP contribution in [0.1, 0.15) is 42.3 Å². The fourth-order valence-corrected chi connectivity index (χ4v) is 2.47. The van der Waals surface area contributed by atoms with Crippen LogP contribution in [0.3, 0.4) is 0 Å². The lowest BCUT2D eigenvalue weighted by Crippen LogP contribution is -2.27. The molecule has 0 atom stereocenters. The molecule has 1 aliphatic rings. The van der Waals surface area contributed by atoms with Crippen molar-refractivity contribution in [3.05, 3.63) is 34.9 Å². The zero-order chi connectivity index (χ0) is 14.1. The second kappa shape index (κ2) is 5.25. The molecule has 0 saturated heterocycles. The van der Waals surface area contributed by atoms with Gasteiger partial charge in [-0.2, -0.15) is 0 Å². The quantitative estimate of drug-likeness (QED) is 0.903. The molecular formula is C15H19N5. The highest BCUT2D eigenvalue weighted by Gasteiger charge is 2.20. The second-order valence-electron chi connectivity index (χ2n) is 5.52. The Morgan fingerprint density at radius 3 is 2.55 bits per heavy atom. The normalized spacial score (nSPS) is 14.4. The highest BCUT2D eigenvalue weighted by molar-refractivity contribution is 5.46. The molecular weight excluding hydrogens is 250 g/mol. The van der Waals surface area contributed by atoms with Gasteiger partial charge in [-0.25, -0.2) is 19.9 Å². The Kier molecular flexibility index (Phi) is 3.44. The molecule has 104 valence electrons. The van der Waals surface area contributed by atoms with Crippen LogP contribution >= 0.6 is 0 Å². The van der Waals surface area contributed by atoms with Crippen molar-refractivity contribution in [3.8, 4) is 11.6 Å². The van der Waals surface area contributed by atoms with E-state index in [1.807, 2.05) is 6.92 Å². The Morgan fingerprint density at radius 2 is 1.85 bits per heavy atom. The zero-order valence-corrected chi connectivity index (χ0v) is 12.1. The summed E-state index contributed by atoms with van der Waals surface area (Å²) in [5.41, 5.74) is 4.57. The molecule has 0 spiro atoms. The molecule has 0 amide bonds. The number of hydrogen-bond donors (Lipinski definition) is 1. The van der Waals surface area contributed by atoms with Crippen molar-refractivity contribution in [3.63, 3.8) is 0 Å². The lowest BCUT2D eigenvalue weighted by atomic mass is 9.97. The predicted octanol–water partition coefficient (Wildman–Crippen LogP) is 2.01. The summed E-state index contributed by atoms with van der Waals surface area (Å²) in [6, 6.07) is 0. The van der Waals surface area contributed by atoms with Gasteiger partial charge in [-0.3, -0.25) is 0 Å². The van der Waals surface area contributed by atoms with Gasteiger partial charge in [-0.05, 0) is 36.9 Å². The Labute approximate surface area is 118 Å². The van der Waals surface area contributed by atoms with Gasteiger partial charge in [-0.15, -0.1) is 0 Å². The zero-order valence-electron chi connectivity index (χ0n) is 12.1. The minimum atomic E-state index is 0.383. The largest absolute Gasteiger partial charge is 0.311 e. The topological polar surface area (TPSA) is 63.6 Å². The van der Waals surface area contributed by atoms with Crippen molar-refractivity contribution >= 4 is 0 Å². The van der Waals surface area contributed by atoms with E-state index in [1.165, 1.54) is 5.56 Å². The van der Waals surface area contributed by atoms with Gasteiger partial charge in [-0.1, -0.05) is 13.8 Å². The van der Waals surface area contributed by atoms with Gasteiger partial charge in [0.15, 0.2) is 11.6 Å². The molecule has 3 rings (SSSR count). The first-order valence-electron chi connectivity index (χ1n) is 7.04. The maximum atomic E-state index is 4.72. The number of rotatable bonds is 2. The lowest BCUT2D eigenvalue weighted by molar-refractivity contribution is 0.609. The fourth-order valence-electron chi connectivity index (χ4n) is 2.47. The summed E-state index contributed by atoms with van der Waals surface area (Å²) < 4.78 is 0. The van der Waals surface area contributed by atoms with E-state index in [2.05, 4.69) is 34.1 Å². The average molecular weight is 269 g/mol. The summed E-state index contributed by atoms with van der Waals surface area (Å²) >= 11 is 0. The molecule has 5 nitrogen and oxygen atoms in total. The van der Waals surface area contributed by atoms with Crippen molar-refractivity contribution in [2.45, 2.75) is 39.7 Å². The summed E-state index contributed by atoms with van der Waals surface area (Å²) in [7, 11) is 0. The van der Waals surface area contributed by atoms with Crippen molar-refractivity contribution in [2.75, 3.05) is 6.54 Å². The lowest BCUT2D eigenvalue weighted by Gasteiger charge is -2.21. The molecule has 0 saturated carbocycles. The van der Waals surface area contributed by atoms with Crippen molar-refractivity contribution in [1.82, 2.24) is 25.3 Å². The van der Waals surface area contributed by atoms with E-state index in [9.17, 15) is 0 Å². The molecule has 0 bridgehead atoms. The maximum Gasteiger partial charge on any atom is 0.198 e. The highest BCUT2D eigenvalue weighted by Crippen LogP contribution is 2.24. The molecule has 0 aliphatic carbocycles. The Morgan fingerprint density at radius 1 is 1.10 bits per heavy atom. The summed E-state index contributed by atoms with van der Waals surface area (Å²) in [6.45, 7) is 8.11. The molecule has 2 aromatic heterocycles. The first-order chi connectivity index (χ1) is 9.65. The van der Waals surface area contributed by atoms with Crippen molar-refractivity contribution < 1.29 is 0 Å². The number of nitrogens with zero attached hydrogens (tertiary/aromatic N) is 4. The van der Waals surface area contributed by atoms with Crippen LogP contribution in [-0.2, 0) is 13.0 Å². The van der Waals surface area contributed by atoms with Gasteiger partial charge in [0.1, 0.15) is 0 Å². The number of aromatic nitrogens is 4. The standard InChI is InChI=1S/C15H19N5/c1-9(2)13-11-4-5-16-8-12(11)19-15(20-13)14-17-6-10(3)7-18-14/h6-7,9,16H,4-5,8H2,1-3H3. The van der Waals surface area contributed by atoms with E-state index < -0.39 is 0 Å². The first kappa shape index (κ1) is 13.1. The monoisotopic (exact) mass is 269 g/mol. The Balaban J connectivity index is 2.12. The molecule has 0 unspecified atom stereocenters. The molecule has 1 N–H and O–H groups in total. The molecule has 0 aromatic carbocycles. The second-order valence-corrected chi connectivity index (χ2v) is 5.52. The molecule has 3 heterocycles. The third-order valence-electron chi connectivity index (χ3n) is 3.50. The van der Waals surface area contributed by atoms with Crippen LogP contribution in [0.2, 0.25) is 0 Å². The molecule has 0 radical (unpaired) electrons. The van der Waals surface area contributed by atoms with E-state index in [4.69, 9.17) is 4.98 Å². The fraction of sp³-hybridized carbons (Fsp3) is 0.467. The average Bonchev–Trinajstić information content (AvgIpc) is 2.46. The van der Waals surface area contributed by atoms with E-state index in [-0.39, 0.29) is 0 Å². The SMILES string of the molecule is Cc1cnc(-c2nc3c(c(C(C)C)n2)CCNC3)nc1. The Bertz CT molecular complexity index is 619. The summed E-state index contributed by atoms with van der Waals surface area (Å²) in [6.07, 6.45) is 4.61. The van der Waals surface area contributed by atoms with E-state index >= 15 is 0 Å². The summed E-state index contributed by atoms with van der Waals surface area (Å²) in [5.74, 6) is 1.62. The van der Waals surface area contributed by atoms with Gasteiger partial charge in [0, 0.05) is 18.9 Å². The Hall–Kier alpha value is -1.88. The first-order valence-corrected chi connectivity index (χ1v) is 7.04. The summed E-state index contributed by atoms with van der Waals surface area (Å²) in [4.78, 5) is 18.1. The van der Waals surface area contributed by atoms with Crippen LogP contribution in [0.5, 0.6) is 0 Å². The van der Waals surface area contributed by atoms with Crippen LogP contribution in [0, 0.1) is 6.92 Å². The third kappa shape index (κ3) is 2.41. The minimum absolute atomic E-state index is 0.383. The molecule has 0 fully saturated rings. The molecule has 1 aliphatic heterocycles. The van der Waals surface area contributed by atoms with Crippen LogP contribution < -0.4 is 5.32 Å². The third-order valence-corrected chi connectivity index (χ3v) is 3.50. The van der Waals surface area contributed by atoms with Gasteiger partial charge in [0.05, 0.1) is 11.4 Å². The van der Waals surface area contributed by atoms with Crippen molar-refractivity contribution in [2.24, 2.45) is 0 Å². The maximum absolute atomic E-state index is 4.72. The smallest absolute Gasteiger partial charge is 0.198 e. The molecule has 20 heavy (non-hydrogen) atoms.